The van der Waals surface area contributed by atoms with Crippen molar-refractivity contribution in [2.75, 3.05) is 54.2 Å². The topological polar surface area (TPSA) is 64.1 Å². The molecule has 1 aliphatic heterocycles. The maximum absolute atomic E-state index is 5.74. The van der Waals surface area contributed by atoms with E-state index in [-0.39, 0.29) is 29.4 Å². The zero-order valence-electron chi connectivity index (χ0n) is 19.6. The van der Waals surface area contributed by atoms with Crippen LogP contribution in [0.25, 0.3) is 0 Å². The number of aliphatic imine (C=N–C) groups is 1. The SMILES string of the molecule is CN=C(NCC1(CCOC)CCC1)NCC1(c2cc(C)ccc2OC)CCOCC1.I. The number of benzene rings is 1. The van der Waals surface area contributed by atoms with Crippen LogP contribution in [-0.2, 0) is 14.9 Å². The van der Waals surface area contributed by atoms with Gasteiger partial charge < -0.3 is 24.8 Å². The Labute approximate surface area is 204 Å². The molecule has 1 aliphatic carbocycles. The normalized spacial score (nSPS) is 19.7. The fourth-order valence-electron chi connectivity index (χ4n) is 4.80. The third-order valence-electron chi connectivity index (χ3n) is 7.08. The van der Waals surface area contributed by atoms with Crippen LogP contribution in [-0.4, -0.2) is 60.1 Å². The zero-order chi connectivity index (χ0) is 21.5. The zero-order valence-corrected chi connectivity index (χ0v) is 21.9. The Morgan fingerprint density at radius 2 is 1.81 bits per heavy atom. The number of halogens is 1. The first kappa shape index (κ1) is 26.2. The molecule has 1 aromatic rings. The van der Waals surface area contributed by atoms with Gasteiger partial charge in [0.2, 0.25) is 0 Å². The van der Waals surface area contributed by atoms with Crippen LogP contribution in [0.3, 0.4) is 0 Å². The van der Waals surface area contributed by atoms with Gasteiger partial charge in [0, 0.05) is 58.0 Å². The van der Waals surface area contributed by atoms with Gasteiger partial charge in [-0.25, -0.2) is 0 Å². The van der Waals surface area contributed by atoms with Crippen molar-refractivity contribution in [3.63, 3.8) is 0 Å². The first-order valence-corrected chi connectivity index (χ1v) is 11.2. The number of rotatable bonds is 9. The van der Waals surface area contributed by atoms with Gasteiger partial charge in [-0.1, -0.05) is 24.1 Å². The Bertz CT molecular complexity index is 716. The van der Waals surface area contributed by atoms with Gasteiger partial charge >= 0.3 is 0 Å². The van der Waals surface area contributed by atoms with Crippen molar-refractivity contribution in [3.05, 3.63) is 29.3 Å². The summed E-state index contributed by atoms with van der Waals surface area (Å²) in [7, 11) is 5.39. The minimum absolute atomic E-state index is 0. The quantitative estimate of drug-likeness (QED) is 0.279. The van der Waals surface area contributed by atoms with Crippen LogP contribution in [0, 0.1) is 12.3 Å². The number of hydrogen-bond acceptors (Lipinski definition) is 4. The molecule has 3 rings (SSSR count). The molecule has 1 saturated carbocycles. The lowest BCUT2D eigenvalue weighted by molar-refractivity contribution is 0.0504. The van der Waals surface area contributed by atoms with Gasteiger partial charge in [-0.05, 0) is 50.5 Å². The summed E-state index contributed by atoms with van der Waals surface area (Å²) >= 11 is 0. The third-order valence-corrected chi connectivity index (χ3v) is 7.08. The number of methoxy groups -OCH3 is 2. The lowest BCUT2D eigenvalue weighted by Gasteiger charge is -2.43. The fraction of sp³-hybridized carbons (Fsp3) is 0.708. The number of ether oxygens (including phenoxy) is 3. The second-order valence-electron chi connectivity index (χ2n) is 8.97. The number of hydrogen-bond donors (Lipinski definition) is 2. The Morgan fingerprint density at radius 1 is 1.10 bits per heavy atom. The largest absolute Gasteiger partial charge is 0.496 e. The Kier molecular flexibility index (Phi) is 10.4. The minimum atomic E-state index is -0.0303. The van der Waals surface area contributed by atoms with Gasteiger partial charge in [0.05, 0.1) is 7.11 Å². The van der Waals surface area contributed by atoms with Gasteiger partial charge in [-0.15, -0.1) is 24.0 Å². The first-order chi connectivity index (χ1) is 14.6. The number of nitrogens with zero attached hydrogens (tertiary/aromatic N) is 1. The molecule has 31 heavy (non-hydrogen) atoms. The van der Waals surface area contributed by atoms with Crippen molar-refractivity contribution in [2.24, 2.45) is 10.4 Å². The summed E-state index contributed by atoms with van der Waals surface area (Å²) in [4.78, 5) is 4.50. The molecule has 1 aromatic carbocycles. The molecule has 2 fully saturated rings. The van der Waals surface area contributed by atoms with Crippen LogP contribution in [0.15, 0.2) is 23.2 Å². The van der Waals surface area contributed by atoms with E-state index in [9.17, 15) is 0 Å². The molecular formula is C24H40IN3O3. The number of guanidine groups is 1. The number of nitrogens with one attached hydrogen (secondary N) is 2. The molecule has 0 bridgehead atoms. The summed E-state index contributed by atoms with van der Waals surface area (Å²) in [5.41, 5.74) is 2.84. The molecule has 176 valence electrons. The van der Waals surface area contributed by atoms with Gasteiger partial charge in [0.15, 0.2) is 5.96 Å². The molecule has 2 aliphatic rings. The van der Waals surface area contributed by atoms with Crippen molar-refractivity contribution >= 4 is 29.9 Å². The molecule has 0 radical (unpaired) electrons. The summed E-state index contributed by atoms with van der Waals surface area (Å²) in [5, 5.41) is 7.21. The Balaban J connectivity index is 0.00000341. The van der Waals surface area contributed by atoms with Crippen LogP contribution >= 0.6 is 24.0 Å². The highest BCUT2D eigenvalue weighted by Gasteiger charge is 2.38. The van der Waals surface area contributed by atoms with Crippen molar-refractivity contribution in [1.29, 1.82) is 0 Å². The molecule has 6 nitrogen and oxygen atoms in total. The maximum Gasteiger partial charge on any atom is 0.191 e. The summed E-state index contributed by atoms with van der Waals surface area (Å²) in [5.74, 6) is 1.83. The van der Waals surface area contributed by atoms with Crippen LogP contribution in [0.1, 0.15) is 49.7 Å². The van der Waals surface area contributed by atoms with E-state index in [2.05, 4.69) is 40.7 Å². The van der Waals surface area contributed by atoms with Crippen LogP contribution in [0.5, 0.6) is 5.75 Å². The van der Waals surface area contributed by atoms with E-state index >= 15 is 0 Å². The maximum atomic E-state index is 5.74. The molecule has 0 atom stereocenters. The molecule has 0 aromatic heterocycles. The molecule has 0 spiro atoms. The average Bonchev–Trinajstić information content (AvgIpc) is 2.75. The van der Waals surface area contributed by atoms with E-state index in [1.165, 1.54) is 30.4 Å². The van der Waals surface area contributed by atoms with Gasteiger partial charge in [0.25, 0.3) is 0 Å². The monoisotopic (exact) mass is 545 g/mol. The predicted octanol–water partition coefficient (Wildman–Crippen LogP) is 4.04. The average molecular weight is 546 g/mol. The lowest BCUT2D eigenvalue weighted by Crippen LogP contribution is -2.51. The summed E-state index contributed by atoms with van der Waals surface area (Å²) in [6.45, 7) is 6.25. The summed E-state index contributed by atoms with van der Waals surface area (Å²) in [6, 6.07) is 6.47. The molecule has 7 heteroatoms. The van der Waals surface area contributed by atoms with E-state index in [0.29, 0.717) is 5.41 Å². The molecule has 1 heterocycles. The second-order valence-corrected chi connectivity index (χ2v) is 8.97. The molecule has 0 amide bonds. The van der Waals surface area contributed by atoms with E-state index in [4.69, 9.17) is 14.2 Å². The van der Waals surface area contributed by atoms with E-state index in [1.807, 2.05) is 7.05 Å². The predicted molar refractivity (Wildman–Crippen MR) is 137 cm³/mol. The molecule has 1 saturated heterocycles. The van der Waals surface area contributed by atoms with Gasteiger partial charge in [-0.3, -0.25) is 4.99 Å². The van der Waals surface area contributed by atoms with Crippen LogP contribution in [0.2, 0.25) is 0 Å². The molecular weight excluding hydrogens is 505 g/mol. The highest BCUT2D eigenvalue weighted by molar-refractivity contribution is 14.0. The number of aryl methyl sites for hydroxylation is 1. The third kappa shape index (κ3) is 6.48. The van der Waals surface area contributed by atoms with Gasteiger partial charge in [0.1, 0.15) is 5.75 Å². The second kappa shape index (κ2) is 12.3. The van der Waals surface area contributed by atoms with E-state index in [1.54, 1.807) is 14.2 Å². The Morgan fingerprint density at radius 3 is 2.39 bits per heavy atom. The van der Waals surface area contributed by atoms with Crippen molar-refractivity contribution in [1.82, 2.24) is 10.6 Å². The summed E-state index contributed by atoms with van der Waals surface area (Å²) in [6.07, 6.45) is 6.89. The van der Waals surface area contributed by atoms with E-state index < -0.39 is 0 Å². The Hall–Kier alpha value is -1.06. The standard InChI is InChI=1S/C24H39N3O3.HI/c1-19-6-7-21(29-4)20(16-19)24(11-14-30-15-12-24)18-27-22(25-2)26-17-23(8-5-9-23)10-13-28-3;/h6-7,16H,5,8-15,17-18H2,1-4H3,(H2,25,26,27);1H. The highest BCUT2D eigenvalue weighted by atomic mass is 127. The minimum Gasteiger partial charge on any atom is -0.496 e. The smallest absolute Gasteiger partial charge is 0.191 e. The van der Waals surface area contributed by atoms with Crippen LogP contribution in [0.4, 0.5) is 0 Å². The van der Waals surface area contributed by atoms with Gasteiger partial charge in [-0.2, -0.15) is 0 Å². The van der Waals surface area contributed by atoms with Crippen molar-refractivity contribution in [2.45, 2.75) is 50.9 Å². The lowest BCUT2D eigenvalue weighted by atomic mass is 9.67. The molecule has 0 unspecified atom stereocenters. The van der Waals surface area contributed by atoms with Crippen LogP contribution < -0.4 is 15.4 Å². The van der Waals surface area contributed by atoms with Crippen molar-refractivity contribution < 1.29 is 14.2 Å². The summed E-state index contributed by atoms with van der Waals surface area (Å²) < 4.78 is 16.8. The van der Waals surface area contributed by atoms with Crippen molar-refractivity contribution in [3.8, 4) is 5.75 Å². The van der Waals surface area contributed by atoms with E-state index in [0.717, 1.165) is 63.9 Å². The highest BCUT2D eigenvalue weighted by Crippen LogP contribution is 2.43. The first-order valence-electron chi connectivity index (χ1n) is 11.2. The molecule has 2 N–H and O–H groups in total. The fourth-order valence-corrected chi connectivity index (χ4v) is 4.80.